The van der Waals surface area contributed by atoms with Crippen LogP contribution in [0.3, 0.4) is 0 Å². The highest BCUT2D eigenvalue weighted by Crippen LogP contribution is 2.34. The average Bonchev–Trinajstić information content (AvgIpc) is 2.83. The highest BCUT2D eigenvalue weighted by atomic mass is 16.5. The number of methoxy groups -OCH3 is 2. The number of hydrogen-bond acceptors (Lipinski definition) is 10. The van der Waals surface area contributed by atoms with Crippen molar-refractivity contribution in [1.29, 1.82) is 0 Å². The molecule has 0 aliphatic rings. The maximum atomic E-state index is 10.4. The summed E-state index contributed by atoms with van der Waals surface area (Å²) in [5.41, 5.74) is 0.704. The number of benzene rings is 2. The molecular weight excluding hydrogens is 430 g/mol. The summed E-state index contributed by atoms with van der Waals surface area (Å²) in [6.45, 7) is 4.00. The van der Waals surface area contributed by atoms with Gasteiger partial charge in [-0.05, 0) is 31.2 Å². The summed E-state index contributed by atoms with van der Waals surface area (Å²) in [6.07, 6.45) is 0. The Bertz CT molecular complexity index is 990. The second-order valence-corrected chi connectivity index (χ2v) is 6.69. The molecule has 0 fully saturated rings. The summed E-state index contributed by atoms with van der Waals surface area (Å²) in [6, 6.07) is 9.54. The minimum atomic E-state index is -0.0735. The van der Waals surface area contributed by atoms with Crippen LogP contribution < -0.4 is 14.2 Å². The van der Waals surface area contributed by atoms with Crippen LogP contribution in [0, 0.1) is 0 Å². The first-order valence-corrected chi connectivity index (χ1v) is 10.3. The summed E-state index contributed by atoms with van der Waals surface area (Å²) in [4.78, 5) is 13.1. The normalized spacial score (nSPS) is 10.8. The zero-order valence-corrected chi connectivity index (χ0v) is 18.8. The molecule has 3 aromatic rings. The highest BCUT2D eigenvalue weighted by Gasteiger charge is 2.17. The maximum absolute atomic E-state index is 10.4. The Balaban J connectivity index is 1.89. The first-order chi connectivity index (χ1) is 16.0. The van der Waals surface area contributed by atoms with Gasteiger partial charge in [0.15, 0.2) is 11.6 Å². The molecule has 10 heteroatoms. The van der Waals surface area contributed by atoms with Gasteiger partial charge in [-0.15, -0.1) is 0 Å². The third-order valence-corrected chi connectivity index (χ3v) is 4.54. The molecule has 176 valence electrons. The summed E-state index contributed by atoms with van der Waals surface area (Å²) >= 11 is 0. The molecule has 2 aromatic carbocycles. The quantitative estimate of drug-likeness (QED) is 0.392. The molecular formula is C23H27N3O7. The van der Waals surface area contributed by atoms with E-state index >= 15 is 0 Å². The lowest BCUT2D eigenvalue weighted by molar-refractivity contribution is 0.0393. The van der Waals surface area contributed by atoms with Crippen LogP contribution in [0.25, 0.3) is 22.8 Å². The molecule has 0 spiro atoms. The Kier molecular flexibility index (Phi) is 8.62. The molecule has 0 saturated carbocycles. The van der Waals surface area contributed by atoms with Crippen LogP contribution in [-0.4, -0.2) is 72.4 Å². The predicted octanol–water partition coefficient (Wildman–Crippen LogP) is 3.07. The minimum absolute atomic E-state index is 0.0221. The molecule has 2 N–H and O–H groups in total. The van der Waals surface area contributed by atoms with Gasteiger partial charge in [0.1, 0.15) is 29.6 Å². The van der Waals surface area contributed by atoms with Crippen molar-refractivity contribution in [2.75, 3.05) is 47.3 Å². The fourth-order valence-corrected chi connectivity index (χ4v) is 2.87. The van der Waals surface area contributed by atoms with Crippen LogP contribution in [0.15, 0.2) is 36.4 Å². The summed E-state index contributed by atoms with van der Waals surface area (Å²) in [7, 11) is 3.01. The van der Waals surface area contributed by atoms with Crippen LogP contribution >= 0.6 is 0 Å². The van der Waals surface area contributed by atoms with Gasteiger partial charge in [-0.25, -0.2) is 4.98 Å². The van der Waals surface area contributed by atoms with E-state index in [9.17, 15) is 10.2 Å². The third-order valence-electron chi connectivity index (χ3n) is 4.54. The Morgan fingerprint density at radius 3 is 1.70 bits per heavy atom. The van der Waals surface area contributed by atoms with Crippen molar-refractivity contribution in [3.05, 3.63) is 36.4 Å². The highest BCUT2D eigenvalue weighted by molar-refractivity contribution is 5.70. The Morgan fingerprint density at radius 1 is 0.697 bits per heavy atom. The largest absolute Gasteiger partial charge is 0.507 e. The molecule has 1 aromatic heterocycles. The number of rotatable bonds is 12. The molecule has 33 heavy (non-hydrogen) atoms. The monoisotopic (exact) mass is 457 g/mol. The fraction of sp³-hybridized carbons (Fsp3) is 0.348. The Labute approximate surface area is 191 Å². The molecule has 0 bridgehead atoms. The van der Waals surface area contributed by atoms with Crippen LogP contribution in [0.5, 0.6) is 29.0 Å². The number of ether oxygens (including phenoxy) is 5. The van der Waals surface area contributed by atoms with Crippen molar-refractivity contribution in [2.24, 2.45) is 0 Å². The molecule has 0 radical (unpaired) electrons. The lowest BCUT2D eigenvalue weighted by Gasteiger charge is -2.11. The van der Waals surface area contributed by atoms with Gasteiger partial charge >= 0.3 is 6.01 Å². The van der Waals surface area contributed by atoms with Crippen molar-refractivity contribution in [2.45, 2.75) is 6.92 Å². The second kappa shape index (κ2) is 11.8. The molecule has 0 aliphatic heterocycles. The predicted molar refractivity (Wildman–Crippen MR) is 120 cm³/mol. The van der Waals surface area contributed by atoms with Crippen molar-refractivity contribution < 1.29 is 33.9 Å². The van der Waals surface area contributed by atoms with Crippen molar-refractivity contribution in [1.82, 2.24) is 15.0 Å². The number of phenols is 2. The third kappa shape index (κ3) is 6.43. The van der Waals surface area contributed by atoms with E-state index in [4.69, 9.17) is 23.7 Å². The molecule has 0 aliphatic carbocycles. The zero-order valence-electron chi connectivity index (χ0n) is 18.8. The smallest absolute Gasteiger partial charge is 0.320 e. The zero-order chi connectivity index (χ0) is 23.6. The molecule has 0 saturated heterocycles. The van der Waals surface area contributed by atoms with Gasteiger partial charge in [-0.2, -0.15) is 9.97 Å². The van der Waals surface area contributed by atoms with Gasteiger partial charge in [0, 0.05) is 18.7 Å². The van der Waals surface area contributed by atoms with Crippen molar-refractivity contribution in [3.8, 4) is 51.8 Å². The van der Waals surface area contributed by atoms with E-state index in [1.165, 1.54) is 26.4 Å². The lowest BCUT2D eigenvalue weighted by atomic mass is 10.1. The topological polar surface area (TPSA) is 125 Å². The molecule has 10 nitrogen and oxygen atoms in total. The van der Waals surface area contributed by atoms with Crippen LogP contribution in [-0.2, 0) is 9.47 Å². The molecule has 0 atom stereocenters. The van der Waals surface area contributed by atoms with Crippen molar-refractivity contribution in [3.63, 3.8) is 0 Å². The van der Waals surface area contributed by atoms with Gasteiger partial charge in [0.25, 0.3) is 0 Å². The standard InChI is InChI=1S/C23H27N3O7/c1-4-31-9-10-32-11-12-33-23-25-21(17-7-5-15(29-2)13-19(17)27)24-22(26-23)18-8-6-16(30-3)14-20(18)28/h5-8,13-14,27-28H,4,9-12H2,1-3H3. The second-order valence-electron chi connectivity index (χ2n) is 6.69. The van der Waals surface area contributed by atoms with Crippen LogP contribution in [0.1, 0.15) is 6.92 Å². The van der Waals surface area contributed by atoms with Gasteiger partial charge < -0.3 is 33.9 Å². The number of aromatic nitrogens is 3. The van der Waals surface area contributed by atoms with E-state index in [1.54, 1.807) is 24.3 Å². The molecule has 1 heterocycles. The van der Waals surface area contributed by atoms with Gasteiger partial charge in [-0.1, -0.05) is 0 Å². The Hall–Kier alpha value is -3.63. The van der Waals surface area contributed by atoms with Crippen molar-refractivity contribution >= 4 is 0 Å². The SMILES string of the molecule is CCOCCOCCOc1nc(-c2ccc(OC)cc2O)nc(-c2ccc(OC)cc2O)n1. The van der Waals surface area contributed by atoms with Crippen LogP contribution in [0.2, 0.25) is 0 Å². The van der Waals surface area contributed by atoms with Gasteiger partial charge in [0.05, 0.1) is 45.2 Å². The Morgan fingerprint density at radius 2 is 1.21 bits per heavy atom. The molecule has 0 unspecified atom stereocenters. The molecule has 3 rings (SSSR count). The summed E-state index contributed by atoms with van der Waals surface area (Å²) in [5.74, 6) is 1.16. The van der Waals surface area contributed by atoms with E-state index in [0.717, 1.165) is 0 Å². The average molecular weight is 457 g/mol. The lowest BCUT2D eigenvalue weighted by Crippen LogP contribution is -2.12. The van der Waals surface area contributed by atoms with E-state index in [0.29, 0.717) is 49.1 Å². The van der Waals surface area contributed by atoms with E-state index in [-0.39, 0.29) is 35.8 Å². The van der Waals surface area contributed by atoms with E-state index < -0.39 is 0 Å². The van der Waals surface area contributed by atoms with E-state index in [2.05, 4.69) is 15.0 Å². The first-order valence-electron chi connectivity index (χ1n) is 10.3. The number of phenolic OH excluding ortho intramolecular Hbond substituents is 2. The summed E-state index contributed by atoms with van der Waals surface area (Å²) < 4.78 is 26.6. The minimum Gasteiger partial charge on any atom is -0.507 e. The van der Waals surface area contributed by atoms with Gasteiger partial charge in [0.2, 0.25) is 0 Å². The first kappa shape index (κ1) is 24.0. The van der Waals surface area contributed by atoms with E-state index in [1.807, 2.05) is 6.92 Å². The maximum Gasteiger partial charge on any atom is 0.320 e. The van der Waals surface area contributed by atoms with Crippen LogP contribution in [0.4, 0.5) is 0 Å². The number of nitrogens with zero attached hydrogens (tertiary/aromatic N) is 3. The number of aromatic hydroxyl groups is 2. The number of hydrogen-bond donors (Lipinski definition) is 2. The summed E-state index contributed by atoms with van der Waals surface area (Å²) in [5, 5.41) is 20.9. The molecule has 0 amide bonds. The van der Waals surface area contributed by atoms with Gasteiger partial charge in [-0.3, -0.25) is 0 Å². The fourth-order valence-electron chi connectivity index (χ4n) is 2.87.